The Morgan fingerprint density at radius 2 is 2.35 bits per heavy atom. The molecule has 6 nitrogen and oxygen atoms in total. The van der Waals surface area contributed by atoms with E-state index in [0.29, 0.717) is 34.7 Å². The zero-order valence-electron chi connectivity index (χ0n) is 11.5. The average Bonchev–Trinajstić information content (AvgIpc) is 3.11. The number of aryl methyl sites for hydroxylation is 2. The van der Waals surface area contributed by atoms with E-state index in [2.05, 4.69) is 15.4 Å². The molecular formula is C13H17N5OS. The van der Waals surface area contributed by atoms with Crippen molar-refractivity contribution in [2.45, 2.75) is 39.2 Å². The lowest BCUT2D eigenvalue weighted by Gasteiger charge is -2.05. The van der Waals surface area contributed by atoms with Crippen molar-refractivity contribution in [3.8, 4) is 0 Å². The van der Waals surface area contributed by atoms with Crippen LogP contribution in [0.3, 0.4) is 0 Å². The van der Waals surface area contributed by atoms with Crippen LogP contribution >= 0.6 is 11.3 Å². The van der Waals surface area contributed by atoms with Gasteiger partial charge in [-0.3, -0.25) is 14.8 Å². The summed E-state index contributed by atoms with van der Waals surface area (Å²) in [7, 11) is 0. The Bertz CT molecular complexity index is 656. The van der Waals surface area contributed by atoms with E-state index in [4.69, 9.17) is 5.73 Å². The molecule has 106 valence electrons. The van der Waals surface area contributed by atoms with Gasteiger partial charge in [-0.05, 0) is 26.7 Å². The van der Waals surface area contributed by atoms with Crippen LogP contribution in [0.2, 0.25) is 0 Å². The second kappa shape index (κ2) is 4.90. The third-order valence-corrected chi connectivity index (χ3v) is 4.20. The van der Waals surface area contributed by atoms with Gasteiger partial charge in [-0.1, -0.05) is 0 Å². The molecule has 2 heterocycles. The number of aromatic nitrogens is 3. The van der Waals surface area contributed by atoms with E-state index < -0.39 is 0 Å². The number of nitrogens with zero attached hydrogens (tertiary/aromatic N) is 3. The predicted octanol–water partition coefficient (Wildman–Crippen LogP) is 2.38. The molecule has 3 N–H and O–H groups in total. The van der Waals surface area contributed by atoms with Gasteiger partial charge in [0, 0.05) is 17.8 Å². The minimum Gasteiger partial charge on any atom is -0.395 e. The molecule has 3 rings (SSSR count). The number of hydrogen-bond acceptors (Lipinski definition) is 5. The molecule has 0 bridgehead atoms. The normalized spacial score (nSPS) is 14.5. The number of hydrogen-bond donors (Lipinski definition) is 2. The summed E-state index contributed by atoms with van der Waals surface area (Å²) in [6.45, 7) is 4.33. The molecule has 1 saturated carbocycles. The Hall–Kier alpha value is -1.89. The van der Waals surface area contributed by atoms with Crippen molar-refractivity contribution in [2.75, 3.05) is 11.1 Å². The number of carbonyl (C=O) groups excluding carboxylic acids is 1. The van der Waals surface area contributed by atoms with Crippen LogP contribution in [0.25, 0.3) is 0 Å². The quantitative estimate of drug-likeness (QED) is 0.905. The van der Waals surface area contributed by atoms with Crippen molar-refractivity contribution in [3.63, 3.8) is 0 Å². The molecule has 0 saturated heterocycles. The van der Waals surface area contributed by atoms with Gasteiger partial charge in [-0.2, -0.15) is 5.10 Å². The number of nitrogens with two attached hydrogens (primary N) is 1. The average molecular weight is 291 g/mol. The summed E-state index contributed by atoms with van der Waals surface area (Å²) in [5.74, 6) is 0.340. The Balaban J connectivity index is 1.81. The number of anilines is 2. The number of carbonyl (C=O) groups is 1. The molecule has 1 fully saturated rings. The van der Waals surface area contributed by atoms with E-state index in [1.54, 1.807) is 11.6 Å². The Kier molecular flexibility index (Phi) is 3.21. The number of rotatable bonds is 4. The predicted molar refractivity (Wildman–Crippen MR) is 79.1 cm³/mol. The van der Waals surface area contributed by atoms with Crippen LogP contribution < -0.4 is 11.1 Å². The first kappa shape index (κ1) is 13.1. The van der Waals surface area contributed by atoms with Crippen LogP contribution in [0, 0.1) is 6.92 Å². The van der Waals surface area contributed by atoms with Gasteiger partial charge in [0.05, 0.1) is 17.1 Å². The highest BCUT2D eigenvalue weighted by molar-refractivity contribution is 7.14. The molecule has 0 aromatic carbocycles. The van der Waals surface area contributed by atoms with Gasteiger partial charge < -0.3 is 5.73 Å². The van der Waals surface area contributed by atoms with Crippen molar-refractivity contribution < 1.29 is 4.79 Å². The molecule has 2 aromatic heterocycles. The molecule has 2 aromatic rings. The fraction of sp³-hybridized carbons (Fsp3) is 0.462. The SMILES string of the molecule is CCn1nc(C)c(N)c1C(=O)Nc1nc(C2CC2)cs1. The van der Waals surface area contributed by atoms with Gasteiger partial charge >= 0.3 is 0 Å². The third kappa shape index (κ3) is 2.29. The highest BCUT2D eigenvalue weighted by Crippen LogP contribution is 2.40. The van der Waals surface area contributed by atoms with Crippen molar-refractivity contribution in [1.29, 1.82) is 0 Å². The minimum absolute atomic E-state index is 0.248. The number of nitrogens with one attached hydrogen (secondary N) is 1. The van der Waals surface area contributed by atoms with Crippen molar-refractivity contribution in [2.24, 2.45) is 0 Å². The van der Waals surface area contributed by atoms with Gasteiger partial charge in [0.25, 0.3) is 5.91 Å². The van der Waals surface area contributed by atoms with Crippen LogP contribution in [0.4, 0.5) is 10.8 Å². The second-order valence-electron chi connectivity index (χ2n) is 4.97. The fourth-order valence-electron chi connectivity index (χ4n) is 2.13. The van der Waals surface area contributed by atoms with Crippen molar-refractivity contribution >= 4 is 28.1 Å². The van der Waals surface area contributed by atoms with Crippen LogP contribution in [-0.4, -0.2) is 20.7 Å². The summed E-state index contributed by atoms with van der Waals surface area (Å²) in [5.41, 5.74) is 8.54. The smallest absolute Gasteiger partial charge is 0.277 e. The molecule has 20 heavy (non-hydrogen) atoms. The zero-order chi connectivity index (χ0) is 14.3. The van der Waals surface area contributed by atoms with E-state index in [0.717, 1.165) is 5.69 Å². The summed E-state index contributed by atoms with van der Waals surface area (Å²) in [4.78, 5) is 16.8. The summed E-state index contributed by atoms with van der Waals surface area (Å²) in [5, 5.41) is 9.70. The summed E-state index contributed by atoms with van der Waals surface area (Å²) < 4.78 is 1.62. The van der Waals surface area contributed by atoms with Gasteiger partial charge in [0.15, 0.2) is 5.13 Å². The maximum absolute atomic E-state index is 12.3. The van der Waals surface area contributed by atoms with Crippen LogP contribution in [-0.2, 0) is 6.54 Å². The van der Waals surface area contributed by atoms with Crippen molar-refractivity contribution in [1.82, 2.24) is 14.8 Å². The number of amides is 1. The van der Waals surface area contributed by atoms with E-state index in [9.17, 15) is 4.79 Å². The van der Waals surface area contributed by atoms with Crippen molar-refractivity contribution in [3.05, 3.63) is 22.5 Å². The summed E-state index contributed by atoms with van der Waals surface area (Å²) in [6.07, 6.45) is 2.40. The molecule has 0 spiro atoms. The number of thiazole rings is 1. The lowest BCUT2D eigenvalue weighted by atomic mass is 10.3. The van der Waals surface area contributed by atoms with Gasteiger partial charge in [-0.15, -0.1) is 11.3 Å². The zero-order valence-corrected chi connectivity index (χ0v) is 12.3. The standard InChI is InChI=1S/C13H17N5OS/c1-3-18-11(10(14)7(2)17-18)12(19)16-13-15-9(6-20-13)8-4-5-8/h6,8H,3-5,14H2,1-2H3,(H,15,16,19). The monoisotopic (exact) mass is 291 g/mol. The summed E-state index contributed by atoms with van der Waals surface area (Å²) >= 11 is 1.45. The Labute approximate surface area is 121 Å². The summed E-state index contributed by atoms with van der Waals surface area (Å²) in [6, 6.07) is 0. The lowest BCUT2D eigenvalue weighted by Crippen LogP contribution is -2.18. The molecule has 0 unspecified atom stereocenters. The van der Waals surface area contributed by atoms with E-state index in [1.165, 1.54) is 24.2 Å². The number of nitrogen functional groups attached to an aromatic ring is 1. The second-order valence-corrected chi connectivity index (χ2v) is 5.83. The molecule has 0 aliphatic heterocycles. The van der Waals surface area contributed by atoms with Gasteiger partial charge in [0.1, 0.15) is 5.69 Å². The Morgan fingerprint density at radius 3 is 3.00 bits per heavy atom. The Morgan fingerprint density at radius 1 is 1.60 bits per heavy atom. The van der Waals surface area contributed by atoms with E-state index >= 15 is 0 Å². The first-order valence-corrected chi connectivity index (χ1v) is 7.57. The van der Waals surface area contributed by atoms with E-state index in [-0.39, 0.29) is 5.91 Å². The highest BCUT2D eigenvalue weighted by atomic mass is 32.1. The van der Waals surface area contributed by atoms with Crippen LogP contribution in [0.1, 0.15) is 47.6 Å². The maximum Gasteiger partial charge on any atom is 0.277 e. The molecule has 1 aliphatic rings. The van der Waals surface area contributed by atoms with Gasteiger partial charge in [0.2, 0.25) is 0 Å². The molecule has 0 atom stereocenters. The first-order chi connectivity index (χ1) is 9.60. The van der Waals surface area contributed by atoms with Crippen LogP contribution in [0.15, 0.2) is 5.38 Å². The molecular weight excluding hydrogens is 274 g/mol. The third-order valence-electron chi connectivity index (χ3n) is 3.43. The topological polar surface area (TPSA) is 85.8 Å². The fourth-order valence-corrected chi connectivity index (χ4v) is 2.92. The van der Waals surface area contributed by atoms with Crippen LogP contribution in [0.5, 0.6) is 0 Å². The molecule has 1 aliphatic carbocycles. The van der Waals surface area contributed by atoms with Gasteiger partial charge in [-0.25, -0.2) is 4.98 Å². The van der Waals surface area contributed by atoms with E-state index in [1.807, 2.05) is 12.3 Å². The largest absolute Gasteiger partial charge is 0.395 e. The molecule has 1 amide bonds. The highest BCUT2D eigenvalue weighted by Gasteiger charge is 2.27. The lowest BCUT2D eigenvalue weighted by molar-refractivity contribution is 0.101. The molecule has 0 radical (unpaired) electrons. The molecule has 7 heteroatoms. The maximum atomic E-state index is 12.3. The first-order valence-electron chi connectivity index (χ1n) is 6.69. The minimum atomic E-state index is -0.248.